The number of alkyl halides is 2. The van der Waals surface area contributed by atoms with Crippen molar-refractivity contribution in [3.63, 3.8) is 0 Å². The predicted octanol–water partition coefficient (Wildman–Crippen LogP) is 5.67. The van der Waals surface area contributed by atoms with Crippen molar-refractivity contribution in [1.82, 2.24) is 14.5 Å². The Kier molecular flexibility index (Phi) is 5.09. The molecule has 2 atom stereocenters. The Balaban J connectivity index is 1.53. The topological polar surface area (TPSA) is 64.4 Å². The van der Waals surface area contributed by atoms with Gasteiger partial charge in [0.15, 0.2) is 0 Å². The van der Waals surface area contributed by atoms with Crippen LogP contribution in [0.4, 0.5) is 8.78 Å². The summed E-state index contributed by atoms with van der Waals surface area (Å²) in [7, 11) is -0.631. The van der Waals surface area contributed by atoms with Gasteiger partial charge in [0.2, 0.25) is 0 Å². The van der Waals surface area contributed by atoms with Crippen molar-refractivity contribution < 1.29 is 22.9 Å². The largest absolute Gasteiger partial charge is 0.434 e. The van der Waals surface area contributed by atoms with E-state index in [1.807, 2.05) is 42.5 Å². The van der Waals surface area contributed by atoms with Gasteiger partial charge in [0.1, 0.15) is 18.7 Å². The maximum absolute atomic E-state index is 13.3. The normalized spacial score (nSPS) is 18.9. The molecule has 1 amide bonds. The van der Waals surface area contributed by atoms with Gasteiger partial charge in [-0.25, -0.2) is 4.98 Å². The molecule has 1 aromatic heterocycles. The standard InChI is InChI=1S/C27H24F2N3O3P/c1-31-22-14-21(24-18(26(31)33)5-4-6-23(24)35-27(28)29)32-20-13-16(9-12-19(20)30-25(22)32)15-7-10-17(11-8-15)36(2,3)34/h4-13,21-22,27H,14H2,1-3H3/t21-,22-/m1/s1. The van der Waals surface area contributed by atoms with Crippen LogP contribution in [0.5, 0.6) is 5.75 Å². The van der Waals surface area contributed by atoms with E-state index in [-0.39, 0.29) is 23.7 Å². The number of carbonyl (C=O) groups is 1. The van der Waals surface area contributed by atoms with Crippen LogP contribution in [-0.4, -0.2) is 47.3 Å². The highest BCUT2D eigenvalue weighted by Gasteiger charge is 2.45. The van der Waals surface area contributed by atoms with E-state index in [1.54, 1.807) is 37.4 Å². The number of hydrogen-bond donors (Lipinski definition) is 0. The van der Waals surface area contributed by atoms with Crippen LogP contribution in [0.1, 0.15) is 40.3 Å². The van der Waals surface area contributed by atoms with Crippen molar-refractivity contribution >= 4 is 29.4 Å². The highest BCUT2D eigenvalue weighted by molar-refractivity contribution is 7.70. The number of rotatable bonds is 4. The summed E-state index contributed by atoms with van der Waals surface area (Å²) in [5.74, 6) is 0.508. The van der Waals surface area contributed by atoms with Gasteiger partial charge < -0.3 is 18.8 Å². The molecule has 2 bridgehead atoms. The molecule has 3 aromatic carbocycles. The molecule has 0 fully saturated rings. The lowest BCUT2D eigenvalue weighted by Gasteiger charge is -2.24. The molecule has 4 aromatic rings. The van der Waals surface area contributed by atoms with Crippen molar-refractivity contribution in [2.75, 3.05) is 20.4 Å². The van der Waals surface area contributed by atoms with Crippen molar-refractivity contribution in [2.45, 2.75) is 25.1 Å². The summed E-state index contributed by atoms with van der Waals surface area (Å²) in [6, 6.07) is 17.7. The third-order valence-corrected chi connectivity index (χ3v) is 8.77. The molecule has 6 nitrogen and oxygen atoms in total. The van der Waals surface area contributed by atoms with E-state index >= 15 is 0 Å². The Labute approximate surface area is 206 Å². The second kappa shape index (κ2) is 8.00. The van der Waals surface area contributed by atoms with Gasteiger partial charge in [-0.05, 0) is 48.7 Å². The monoisotopic (exact) mass is 507 g/mol. The minimum atomic E-state index is -3.00. The van der Waals surface area contributed by atoms with Gasteiger partial charge in [0.05, 0.1) is 23.1 Å². The number of fused-ring (bicyclic) bond motifs is 9. The fourth-order valence-corrected chi connectivity index (χ4v) is 6.34. The first kappa shape index (κ1) is 22.9. The van der Waals surface area contributed by atoms with Gasteiger partial charge in [-0.2, -0.15) is 8.78 Å². The Morgan fingerprint density at radius 3 is 2.44 bits per heavy atom. The number of carbonyl (C=O) groups excluding carboxylic acids is 1. The van der Waals surface area contributed by atoms with Gasteiger partial charge in [-0.3, -0.25) is 4.79 Å². The zero-order valence-electron chi connectivity index (χ0n) is 20.0. The Bertz CT molecular complexity index is 1580. The number of halogens is 2. The van der Waals surface area contributed by atoms with Crippen LogP contribution in [-0.2, 0) is 4.57 Å². The third kappa shape index (κ3) is 3.46. The lowest BCUT2D eigenvalue weighted by Crippen LogP contribution is -2.30. The summed E-state index contributed by atoms with van der Waals surface area (Å²) >= 11 is 0. The molecule has 6 rings (SSSR count). The number of benzene rings is 3. The predicted molar refractivity (Wildman–Crippen MR) is 135 cm³/mol. The maximum Gasteiger partial charge on any atom is 0.387 e. The first-order valence-corrected chi connectivity index (χ1v) is 14.3. The molecule has 9 heteroatoms. The maximum atomic E-state index is 13.3. The Hall–Kier alpha value is -3.51. The summed E-state index contributed by atoms with van der Waals surface area (Å²) in [5.41, 5.74) is 4.38. The first-order chi connectivity index (χ1) is 17.1. The molecule has 0 radical (unpaired) electrons. The van der Waals surface area contributed by atoms with Crippen molar-refractivity contribution in [2.24, 2.45) is 0 Å². The van der Waals surface area contributed by atoms with Crippen molar-refractivity contribution in [3.05, 3.63) is 77.6 Å². The van der Waals surface area contributed by atoms with Gasteiger partial charge in [0, 0.05) is 29.9 Å². The van der Waals surface area contributed by atoms with Gasteiger partial charge in [-0.15, -0.1) is 0 Å². The van der Waals surface area contributed by atoms with E-state index in [0.717, 1.165) is 33.3 Å². The van der Waals surface area contributed by atoms with Gasteiger partial charge in [-0.1, -0.05) is 36.4 Å². The second-order valence-corrected chi connectivity index (χ2v) is 12.9. The molecule has 2 aliphatic rings. The van der Waals surface area contributed by atoms with E-state index in [0.29, 0.717) is 17.5 Å². The quantitative estimate of drug-likeness (QED) is 0.334. The molecule has 0 N–H and O–H groups in total. The lowest BCUT2D eigenvalue weighted by atomic mass is 9.97. The molecule has 0 spiro atoms. The van der Waals surface area contributed by atoms with Crippen LogP contribution in [0.25, 0.3) is 22.2 Å². The van der Waals surface area contributed by atoms with Crippen LogP contribution in [0.15, 0.2) is 60.7 Å². The summed E-state index contributed by atoms with van der Waals surface area (Å²) in [6.07, 6.45) is 0.526. The highest BCUT2D eigenvalue weighted by atomic mass is 31.2. The third-order valence-electron chi connectivity index (χ3n) is 7.23. The average molecular weight is 507 g/mol. The molecule has 0 aliphatic carbocycles. The minimum absolute atomic E-state index is 0.0138. The molecule has 184 valence electrons. The van der Waals surface area contributed by atoms with Crippen LogP contribution >= 0.6 is 7.14 Å². The molecule has 0 saturated heterocycles. The van der Waals surface area contributed by atoms with Crippen LogP contribution in [0, 0.1) is 0 Å². The second-order valence-electron chi connectivity index (χ2n) is 9.72. The van der Waals surface area contributed by atoms with E-state index < -0.39 is 13.8 Å². The van der Waals surface area contributed by atoms with Crippen LogP contribution < -0.4 is 10.0 Å². The smallest absolute Gasteiger partial charge is 0.387 e. The van der Waals surface area contributed by atoms with Crippen molar-refractivity contribution in [3.8, 4) is 16.9 Å². The number of amides is 1. The van der Waals surface area contributed by atoms with E-state index in [4.69, 9.17) is 9.72 Å². The highest BCUT2D eigenvalue weighted by Crippen LogP contribution is 2.50. The molecule has 36 heavy (non-hydrogen) atoms. The number of hydrogen-bond acceptors (Lipinski definition) is 4. The van der Waals surface area contributed by atoms with E-state index in [2.05, 4.69) is 4.57 Å². The van der Waals surface area contributed by atoms with Crippen LogP contribution in [0.3, 0.4) is 0 Å². The number of nitrogens with zero attached hydrogens (tertiary/aromatic N) is 3. The fourth-order valence-electron chi connectivity index (χ4n) is 5.47. The number of imidazole rings is 1. The van der Waals surface area contributed by atoms with Crippen LogP contribution in [0.2, 0.25) is 0 Å². The molecule has 2 aliphatic heterocycles. The Morgan fingerprint density at radius 1 is 1.03 bits per heavy atom. The summed E-state index contributed by atoms with van der Waals surface area (Å²) < 4.78 is 45.9. The lowest BCUT2D eigenvalue weighted by molar-refractivity contribution is -0.0507. The number of ether oxygens (including phenoxy) is 1. The zero-order valence-corrected chi connectivity index (χ0v) is 20.9. The molecular weight excluding hydrogens is 483 g/mol. The zero-order chi connectivity index (χ0) is 25.4. The first-order valence-electron chi connectivity index (χ1n) is 11.7. The van der Waals surface area contributed by atoms with Gasteiger partial charge >= 0.3 is 6.61 Å². The Morgan fingerprint density at radius 2 is 1.75 bits per heavy atom. The molecular formula is C27H24F2N3O3P. The average Bonchev–Trinajstić information content (AvgIpc) is 3.36. The SMILES string of the molecule is CN1C(=O)c2cccc(OC(F)F)c2[C@H]2C[C@@H]1c1nc3ccc(-c4ccc(P(C)(C)=O)cc4)cc3n12. The number of aromatic nitrogens is 2. The summed E-state index contributed by atoms with van der Waals surface area (Å²) in [4.78, 5) is 19.7. The minimum Gasteiger partial charge on any atom is -0.434 e. The molecule has 0 unspecified atom stereocenters. The summed E-state index contributed by atoms with van der Waals surface area (Å²) in [6.45, 7) is 0.492. The van der Waals surface area contributed by atoms with Gasteiger partial charge in [0.25, 0.3) is 5.91 Å². The summed E-state index contributed by atoms with van der Waals surface area (Å²) in [5, 5.41) is 0.818. The fraction of sp³-hybridized carbons (Fsp3) is 0.259. The van der Waals surface area contributed by atoms with Crippen molar-refractivity contribution in [1.29, 1.82) is 0 Å². The molecule has 0 saturated carbocycles. The van der Waals surface area contributed by atoms with E-state index in [1.165, 1.54) is 6.07 Å². The van der Waals surface area contributed by atoms with E-state index in [9.17, 15) is 18.1 Å². The molecule has 3 heterocycles.